The van der Waals surface area contributed by atoms with E-state index in [2.05, 4.69) is 76.9 Å². The first-order chi connectivity index (χ1) is 8.88. The molecule has 1 aromatic carbocycles. The molecule has 2 rings (SSSR count). The summed E-state index contributed by atoms with van der Waals surface area (Å²) in [6, 6.07) is 8.76. The molecule has 3 unspecified atom stereocenters. The molecule has 0 heterocycles. The summed E-state index contributed by atoms with van der Waals surface area (Å²) in [4.78, 5) is 0.679. The maximum Gasteiger partial charge on any atom is 0.0181 e. The standard InChI is InChI=1S/C17H24Br2/c1-12-7-8-15(16(19)9-12)17(2,3)11-13-5-4-6-14(18)10-13/h4-6,10,12,15-16H,7-9,11H2,1-3H3. The van der Waals surface area contributed by atoms with E-state index < -0.39 is 0 Å². The summed E-state index contributed by atoms with van der Waals surface area (Å²) in [5.74, 6) is 1.66. The monoisotopic (exact) mass is 386 g/mol. The van der Waals surface area contributed by atoms with Crippen molar-refractivity contribution in [2.24, 2.45) is 17.3 Å². The van der Waals surface area contributed by atoms with Crippen molar-refractivity contribution >= 4 is 31.9 Å². The molecule has 19 heavy (non-hydrogen) atoms. The molecule has 0 aromatic heterocycles. The van der Waals surface area contributed by atoms with Gasteiger partial charge in [0.1, 0.15) is 0 Å². The third-order valence-electron chi connectivity index (χ3n) is 4.59. The fourth-order valence-corrected chi connectivity index (χ4v) is 5.56. The van der Waals surface area contributed by atoms with Crippen LogP contribution < -0.4 is 0 Å². The fraction of sp³-hybridized carbons (Fsp3) is 0.647. The summed E-state index contributed by atoms with van der Waals surface area (Å²) < 4.78 is 1.19. The topological polar surface area (TPSA) is 0 Å². The van der Waals surface area contributed by atoms with E-state index in [9.17, 15) is 0 Å². The molecule has 0 amide bonds. The lowest BCUT2D eigenvalue weighted by Gasteiger charge is -2.42. The predicted molar refractivity (Wildman–Crippen MR) is 90.8 cm³/mol. The average molecular weight is 388 g/mol. The van der Waals surface area contributed by atoms with Crippen LogP contribution in [0.2, 0.25) is 0 Å². The van der Waals surface area contributed by atoms with Crippen molar-refractivity contribution in [3.8, 4) is 0 Å². The number of benzene rings is 1. The smallest absolute Gasteiger partial charge is 0.0181 e. The summed E-state index contributed by atoms with van der Waals surface area (Å²) in [5, 5.41) is 0. The van der Waals surface area contributed by atoms with E-state index >= 15 is 0 Å². The Bertz CT molecular complexity index is 425. The molecule has 1 aliphatic rings. The van der Waals surface area contributed by atoms with Gasteiger partial charge in [-0.2, -0.15) is 0 Å². The van der Waals surface area contributed by atoms with E-state index in [0.29, 0.717) is 10.2 Å². The molecule has 0 aliphatic heterocycles. The van der Waals surface area contributed by atoms with Gasteiger partial charge in [0.05, 0.1) is 0 Å². The zero-order valence-corrected chi connectivity index (χ0v) is 15.3. The first kappa shape index (κ1) is 15.6. The molecule has 1 fully saturated rings. The van der Waals surface area contributed by atoms with Crippen molar-refractivity contribution in [2.75, 3.05) is 0 Å². The highest BCUT2D eigenvalue weighted by molar-refractivity contribution is 9.10. The van der Waals surface area contributed by atoms with Crippen molar-refractivity contribution in [1.29, 1.82) is 0 Å². The number of hydrogen-bond donors (Lipinski definition) is 0. The Morgan fingerprint density at radius 3 is 2.63 bits per heavy atom. The Labute approximate surface area is 134 Å². The molecule has 1 saturated carbocycles. The second-order valence-corrected chi connectivity index (χ2v) is 8.93. The van der Waals surface area contributed by atoms with Crippen LogP contribution in [0, 0.1) is 17.3 Å². The van der Waals surface area contributed by atoms with Gasteiger partial charge in [-0.15, -0.1) is 0 Å². The maximum atomic E-state index is 3.95. The van der Waals surface area contributed by atoms with Crippen LogP contribution in [-0.4, -0.2) is 4.83 Å². The van der Waals surface area contributed by atoms with Gasteiger partial charge in [-0.05, 0) is 54.2 Å². The second-order valence-electron chi connectivity index (χ2n) is 6.84. The molecule has 1 aromatic rings. The fourth-order valence-electron chi connectivity index (χ4n) is 3.50. The minimum absolute atomic E-state index is 0.356. The van der Waals surface area contributed by atoms with Gasteiger partial charge in [0.25, 0.3) is 0 Å². The maximum absolute atomic E-state index is 3.95. The molecule has 2 heteroatoms. The van der Waals surface area contributed by atoms with Gasteiger partial charge in [0, 0.05) is 9.30 Å². The zero-order chi connectivity index (χ0) is 14.0. The molecule has 106 valence electrons. The van der Waals surface area contributed by atoms with Gasteiger partial charge >= 0.3 is 0 Å². The van der Waals surface area contributed by atoms with E-state index in [-0.39, 0.29) is 0 Å². The molecule has 0 bridgehead atoms. The van der Waals surface area contributed by atoms with Crippen LogP contribution in [0.4, 0.5) is 0 Å². The SMILES string of the molecule is CC1CCC(C(C)(C)Cc2cccc(Br)c2)C(Br)C1. The first-order valence-corrected chi connectivity index (χ1v) is 8.98. The largest absolute Gasteiger partial charge is 0.0887 e. The van der Waals surface area contributed by atoms with Gasteiger partial charge in [0.15, 0.2) is 0 Å². The summed E-state index contributed by atoms with van der Waals surface area (Å²) >= 11 is 7.53. The normalized spacial score (nSPS) is 28.4. The van der Waals surface area contributed by atoms with Gasteiger partial charge in [0.2, 0.25) is 0 Å². The Balaban J connectivity index is 2.09. The van der Waals surface area contributed by atoms with E-state index in [4.69, 9.17) is 0 Å². The summed E-state index contributed by atoms with van der Waals surface area (Å²) in [6.45, 7) is 7.25. The van der Waals surface area contributed by atoms with E-state index in [1.807, 2.05) is 0 Å². The van der Waals surface area contributed by atoms with E-state index in [0.717, 1.165) is 18.3 Å². The lowest BCUT2D eigenvalue weighted by molar-refractivity contribution is 0.147. The quantitative estimate of drug-likeness (QED) is 0.540. The molecule has 0 saturated heterocycles. The molecule has 3 atom stereocenters. The third-order valence-corrected chi connectivity index (χ3v) is 6.09. The third kappa shape index (κ3) is 4.07. The van der Waals surface area contributed by atoms with Crippen molar-refractivity contribution in [3.63, 3.8) is 0 Å². The van der Waals surface area contributed by atoms with Crippen molar-refractivity contribution < 1.29 is 0 Å². The van der Waals surface area contributed by atoms with Crippen LogP contribution in [0.5, 0.6) is 0 Å². The number of halogens is 2. The lowest BCUT2D eigenvalue weighted by atomic mass is 9.66. The Morgan fingerprint density at radius 1 is 1.26 bits per heavy atom. The van der Waals surface area contributed by atoms with Crippen LogP contribution in [0.15, 0.2) is 28.7 Å². The molecule has 0 nitrogen and oxygen atoms in total. The second kappa shape index (κ2) is 6.30. The minimum Gasteiger partial charge on any atom is -0.0887 e. The van der Waals surface area contributed by atoms with E-state index in [1.165, 1.54) is 29.3 Å². The zero-order valence-electron chi connectivity index (χ0n) is 12.1. The highest BCUT2D eigenvalue weighted by Gasteiger charge is 2.37. The highest BCUT2D eigenvalue weighted by Crippen LogP contribution is 2.45. The molecule has 0 radical (unpaired) electrons. The van der Waals surface area contributed by atoms with Crippen LogP contribution >= 0.6 is 31.9 Å². The van der Waals surface area contributed by atoms with Gasteiger partial charge in [-0.3, -0.25) is 0 Å². The van der Waals surface area contributed by atoms with Crippen LogP contribution in [0.25, 0.3) is 0 Å². The van der Waals surface area contributed by atoms with Crippen LogP contribution in [0.1, 0.15) is 45.6 Å². The lowest BCUT2D eigenvalue weighted by Crippen LogP contribution is -2.37. The molecule has 0 N–H and O–H groups in total. The van der Waals surface area contributed by atoms with Gasteiger partial charge in [-0.25, -0.2) is 0 Å². The predicted octanol–water partition coefficient (Wildman–Crippen LogP) is 6.22. The number of rotatable bonds is 3. The number of hydrogen-bond acceptors (Lipinski definition) is 0. The summed E-state index contributed by atoms with van der Waals surface area (Å²) in [5.41, 5.74) is 1.80. The van der Waals surface area contributed by atoms with Gasteiger partial charge in [-0.1, -0.05) is 71.2 Å². The van der Waals surface area contributed by atoms with Crippen molar-refractivity contribution in [3.05, 3.63) is 34.3 Å². The minimum atomic E-state index is 0.356. The summed E-state index contributed by atoms with van der Waals surface area (Å²) in [7, 11) is 0. The van der Waals surface area contributed by atoms with Crippen LogP contribution in [0.3, 0.4) is 0 Å². The van der Waals surface area contributed by atoms with Crippen molar-refractivity contribution in [2.45, 2.75) is 51.3 Å². The molecule has 1 aliphatic carbocycles. The highest BCUT2D eigenvalue weighted by atomic mass is 79.9. The molecule has 0 spiro atoms. The Kier molecular flexibility index (Phi) is 5.16. The Morgan fingerprint density at radius 2 is 2.00 bits per heavy atom. The average Bonchev–Trinajstić information content (AvgIpc) is 2.27. The summed E-state index contributed by atoms with van der Waals surface area (Å²) in [6.07, 6.45) is 5.23. The number of alkyl halides is 1. The molecular formula is C17H24Br2. The molecular weight excluding hydrogens is 364 g/mol. The van der Waals surface area contributed by atoms with Crippen molar-refractivity contribution in [1.82, 2.24) is 0 Å². The van der Waals surface area contributed by atoms with Crippen LogP contribution in [-0.2, 0) is 6.42 Å². The Hall–Kier alpha value is 0.180. The van der Waals surface area contributed by atoms with Gasteiger partial charge < -0.3 is 0 Å². The first-order valence-electron chi connectivity index (χ1n) is 7.27. The van der Waals surface area contributed by atoms with E-state index in [1.54, 1.807) is 0 Å².